The van der Waals surface area contributed by atoms with Crippen LogP contribution in [0.15, 0.2) is 42.5 Å². The number of fused-ring (bicyclic) bond motifs is 3. The molecule has 1 fully saturated rings. The lowest BCUT2D eigenvalue weighted by Crippen LogP contribution is -2.68. The van der Waals surface area contributed by atoms with Crippen molar-refractivity contribution in [3.63, 3.8) is 0 Å². The molecule has 2 heterocycles. The van der Waals surface area contributed by atoms with Gasteiger partial charge in [0.25, 0.3) is 11.8 Å². The summed E-state index contributed by atoms with van der Waals surface area (Å²) in [6.07, 6.45) is 0.122. The molecule has 0 saturated carbocycles. The fourth-order valence-corrected chi connectivity index (χ4v) is 3.75. The van der Waals surface area contributed by atoms with Crippen molar-refractivity contribution in [2.75, 3.05) is 17.3 Å². The van der Waals surface area contributed by atoms with Crippen molar-refractivity contribution >= 4 is 29.1 Å². The Labute approximate surface area is 153 Å². The minimum Gasteiger partial charge on any atom is -0.322 e. The molecule has 0 spiro atoms. The predicted molar refractivity (Wildman–Crippen MR) is 93.0 cm³/mol. The van der Waals surface area contributed by atoms with Crippen molar-refractivity contribution in [3.8, 4) is 0 Å². The minimum absolute atomic E-state index is 0.0157. The highest BCUT2D eigenvalue weighted by Crippen LogP contribution is 2.44. The van der Waals surface area contributed by atoms with Crippen LogP contribution in [0.2, 0.25) is 0 Å². The number of likely N-dealkylation sites (N-methyl/N-ethyl adjacent to an activating group) is 1. The molecule has 0 aromatic heterocycles. The zero-order valence-corrected chi connectivity index (χ0v) is 14.3. The molecule has 2 aliphatic rings. The number of nitrogens with zero attached hydrogens (tertiary/aromatic N) is 2. The van der Waals surface area contributed by atoms with E-state index in [9.17, 15) is 23.2 Å². The number of anilines is 2. The Kier molecular flexibility index (Phi) is 3.73. The van der Waals surface area contributed by atoms with Crippen molar-refractivity contribution < 1.29 is 23.2 Å². The average Bonchev–Trinajstić information content (AvgIpc) is 2.98. The van der Waals surface area contributed by atoms with E-state index in [1.807, 2.05) is 0 Å². The van der Waals surface area contributed by atoms with Gasteiger partial charge in [0, 0.05) is 25.6 Å². The summed E-state index contributed by atoms with van der Waals surface area (Å²) in [5, 5.41) is 2.59. The highest BCUT2D eigenvalue weighted by Gasteiger charge is 2.59. The fraction of sp³-hybridized carbons (Fsp3) is 0.211. The average molecular weight is 371 g/mol. The van der Waals surface area contributed by atoms with Crippen molar-refractivity contribution in [1.82, 2.24) is 4.90 Å². The Bertz CT molecular complexity index is 994. The van der Waals surface area contributed by atoms with Gasteiger partial charge in [0.15, 0.2) is 0 Å². The van der Waals surface area contributed by atoms with Crippen LogP contribution in [0, 0.1) is 11.6 Å². The van der Waals surface area contributed by atoms with E-state index in [0.29, 0.717) is 0 Å². The summed E-state index contributed by atoms with van der Waals surface area (Å²) < 4.78 is 27.1. The predicted octanol–water partition coefficient (Wildman–Crippen LogP) is 2.51. The van der Waals surface area contributed by atoms with E-state index in [0.717, 1.165) is 23.1 Å². The van der Waals surface area contributed by atoms with Gasteiger partial charge < -0.3 is 10.2 Å². The number of rotatable bonds is 2. The Morgan fingerprint density at radius 2 is 1.85 bits per heavy atom. The summed E-state index contributed by atoms with van der Waals surface area (Å²) in [6, 6.07) is 8.83. The Morgan fingerprint density at radius 3 is 2.59 bits per heavy atom. The van der Waals surface area contributed by atoms with Crippen LogP contribution in [-0.2, 0) is 9.59 Å². The van der Waals surface area contributed by atoms with Crippen molar-refractivity contribution in [2.45, 2.75) is 18.5 Å². The number of nitrogens with one attached hydrogen (secondary N) is 1. The number of benzene rings is 2. The van der Waals surface area contributed by atoms with Gasteiger partial charge in [0.1, 0.15) is 11.6 Å². The van der Waals surface area contributed by atoms with Crippen LogP contribution in [0.25, 0.3) is 0 Å². The van der Waals surface area contributed by atoms with Crippen LogP contribution in [0.3, 0.4) is 0 Å². The standard InChI is InChI=1S/C19H15F2N3O3/c1-23-17(26)14-10-12(21)5-6-15(14)24-16(25)7-8-19(23,24)18(27)22-13-4-2-3-11(20)9-13/h2-6,9-10H,7-8H2,1H3,(H,22,27). The quantitative estimate of drug-likeness (QED) is 0.882. The minimum atomic E-state index is -1.59. The molecule has 8 heteroatoms. The topological polar surface area (TPSA) is 69.7 Å². The second-order valence-corrected chi connectivity index (χ2v) is 6.54. The van der Waals surface area contributed by atoms with Crippen LogP contribution in [0.4, 0.5) is 20.2 Å². The SMILES string of the molecule is CN1C(=O)c2cc(F)ccc2N2C(=O)CCC12C(=O)Nc1cccc(F)c1. The molecule has 2 aromatic rings. The van der Waals surface area contributed by atoms with E-state index >= 15 is 0 Å². The number of halogens is 2. The molecule has 2 aromatic carbocycles. The van der Waals surface area contributed by atoms with E-state index in [1.54, 1.807) is 0 Å². The molecule has 0 radical (unpaired) electrons. The highest BCUT2D eigenvalue weighted by molar-refractivity contribution is 6.18. The van der Waals surface area contributed by atoms with Gasteiger partial charge >= 0.3 is 0 Å². The monoisotopic (exact) mass is 371 g/mol. The largest absolute Gasteiger partial charge is 0.322 e. The molecule has 1 saturated heterocycles. The third kappa shape index (κ3) is 2.40. The number of carbonyl (C=O) groups is 3. The summed E-state index contributed by atoms with van der Waals surface area (Å²) in [4.78, 5) is 40.9. The molecular weight excluding hydrogens is 356 g/mol. The third-order valence-corrected chi connectivity index (χ3v) is 5.04. The maximum Gasteiger partial charge on any atom is 0.271 e. The van der Waals surface area contributed by atoms with Gasteiger partial charge in [-0.2, -0.15) is 0 Å². The van der Waals surface area contributed by atoms with E-state index < -0.39 is 29.1 Å². The molecular formula is C19H15F2N3O3. The maximum absolute atomic E-state index is 13.6. The molecule has 0 aliphatic carbocycles. The van der Waals surface area contributed by atoms with Crippen molar-refractivity contribution in [3.05, 3.63) is 59.7 Å². The maximum atomic E-state index is 13.6. The van der Waals surface area contributed by atoms with Gasteiger partial charge in [-0.1, -0.05) is 6.07 Å². The van der Waals surface area contributed by atoms with Crippen LogP contribution in [0.5, 0.6) is 0 Å². The number of carbonyl (C=O) groups excluding carboxylic acids is 3. The van der Waals surface area contributed by atoms with Gasteiger partial charge in [-0.25, -0.2) is 8.78 Å². The fourth-order valence-electron chi connectivity index (χ4n) is 3.75. The molecule has 3 amide bonds. The molecule has 1 unspecified atom stereocenters. The number of hydrogen-bond donors (Lipinski definition) is 1. The van der Waals surface area contributed by atoms with E-state index in [-0.39, 0.29) is 35.7 Å². The highest BCUT2D eigenvalue weighted by atomic mass is 19.1. The first-order valence-corrected chi connectivity index (χ1v) is 8.32. The summed E-state index contributed by atoms with van der Waals surface area (Å²) in [5.41, 5.74) is -1.18. The lowest BCUT2D eigenvalue weighted by molar-refractivity contribution is -0.128. The molecule has 27 heavy (non-hydrogen) atoms. The number of hydrogen-bond acceptors (Lipinski definition) is 3. The normalized spacial score (nSPS) is 21.1. The second-order valence-electron chi connectivity index (χ2n) is 6.54. The van der Waals surface area contributed by atoms with Crippen molar-refractivity contribution in [2.24, 2.45) is 0 Å². The zero-order valence-electron chi connectivity index (χ0n) is 14.3. The van der Waals surface area contributed by atoms with Crippen LogP contribution in [-0.4, -0.2) is 35.3 Å². The van der Waals surface area contributed by atoms with Gasteiger partial charge in [-0.15, -0.1) is 0 Å². The molecule has 6 nitrogen and oxygen atoms in total. The summed E-state index contributed by atoms with van der Waals surface area (Å²) in [7, 11) is 1.40. The molecule has 138 valence electrons. The Morgan fingerprint density at radius 1 is 1.11 bits per heavy atom. The lowest BCUT2D eigenvalue weighted by atomic mass is 9.96. The van der Waals surface area contributed by atoms with E-state index in [4.69, 9.17) is 0 Å². The molecule has 4 rings (SSSR count). The summed E-state index contributed by atoms with van der Waals surface area (Å²) in [6.45, 7) is 0. The third-order valence-electron chi connectivity index (χ3n) is 5.04. The van der Waals surface area contributed by atoms with Gasteiger partial charge in [0.2, 0.25) is 11.6 Å². The second kappa shape index (κ2) is 5.87. The first kappa shape index (κ1) is 17.1. The Hall–Kier alpha value is -3.29. The van der Waals surface area contributed by atoms with Gasteiger partial charge in [-0.3, -0.25) is 19.3 Å². The molecule has 1 N–H and O–H groups in total. The first-order valence-electron chi connectivity index (χ1n) is 8.32. The first-order chi connectivity index (χ1) is 12.8. The number of amides is 3. The van der Waals surface area contributed by atoms with Crippen LogP contribution in [0.1, 0.15) is 23.2 Å². The lowest BCUT2D eigenvalue weighted by Gasteiger charge is -2.47. The Balaban J connectivity index is 1.82. The van der Waals surface area contributed by atoms with Crippen LogP contribution >= 0.6 is 0 Å². The smallest absolute Gasteiger partial charge is 0.271 e. The molecule has 0 bridgehead atoms. The van der Waals surface area contributed by atoms with Crippen LogP contribution < -0.4 is 10.2 Å². The van der Waals surface area contributed by atoms with E-state index in [2.05, 4.69) is 5.32 Å². The van der Waals surface area contributed by atoms with Gasteiger partial charge in [-0.05, 0) is 36.4 Å². The van der Waals surface area contributed by atoms with E-state index in [1.165, 1.54) is 36.2 Å². The summed E-state index contributed by atoms with van der Waals surface area (Å²) in [5.74, 6) is -2.69. The van der Waals surface area contributed by atoms with Gasteiger partial charge in [0.05, 0.1) is 11.3 Å². The molecule has 2 aliphatic heterocycles. The summed E-state index contributed by atoms with van der Waals surface area (Å²) >= 11 is 0. The van der Waals surface area contributed by atoms with Crippen molar-refractivity contribution in [1.29, 1.82) is 0 Å². The molecule has 1 atom stereocenters. The zero-order chi connectivity index (χ0) is 19.3.